The van der Waals surface area contributed by atoms with Crippen LogP contribution in [0, 0.1) is 0 Å². The van der Waals surface area contributed by atoms with Crippen molar-refractivity contribution in [3.8, 4) is 0 Å². The lowest BCUT2D eigenvalue weighted by Gasteiger charge is -2.37. The largest absolute Gasteiger partial charge is 0.342 e. The van der Waals surface area contributed by atoms with E-state index in [1.807, 2.05) is 0 Å². The lowest BCUT2D eigenvalue weighted by Crippen LogP contribution is -2.35. The zero-order valence-electron chi connectivity index (χ0n) is 14.5. The van der Waals surface area contributed by atoms with Gasteiger partial charge < -0.3 is 23.0 Å². The van der Waals surface area contributed by atoms with E-state index in [0.29, 0.717) is 0 Å². The lowest BCUT2D eigenvalue weighted by molar-refractivity contribution is -0.167. The van der Waals surface area contributed by atoms with E-state index in [0.717, 1.165) is 0 Å². The van der Waals surface area contributed by atoms with Gasteiger partial charge in [-0.05, 0) is 41.5 Å². The molecule has 0 fully saturated rings. The maximum atomic E-state index is 13.4. The van der Waals surface area contributed by atoms with Gasteiger partial charge in [0.2, 0.25) is 5.53 Å². The van der Waals surface area contributed by atoms with E-state index in [4.69, 9.17) is 23.0 Å². The summed E-state index contributed by atoms with van der Waals surface area (Å²) in [6, 6.07) is 0. The van der Waals surface area contributed by atoms with Crippen molar-refractivity contribution in [1.29, 1.82) is 0 Å². The van der Waals surface area contributed by atoms with Crippen molar-refractivity contribution < 1.29 is 32.2 Å². The molecule has 0 saturated carbocycles. The van der Waals surface area contributed by atoms with Crippen LogP contribution in [0.3, 0.4) is 0 Å². The first-order valence-corrected chi connectivity index (χ1v) is 11.2. The molecule has 0 saturated heterocycles. The topological polar surface area (TPSA) is 80.3 Å². The van der Waals surface area contributed by atoms with Crippen LogP contribution in [0.15, 0.2) is 0 Å². The van der Waals surface area contributed by atoms with Crippen LogP contribution in [-0.4, -0.2) is 44.5 Å². The van der Waals surface area contributed by atoms with Gasteiger partial charge in [0.15, 0.2) is 0 Å². The summed E-state index contributed by atoms with van der Waals surface area (Å²) >= 11 is 0. The minimum absolute atomic E-state index is 0.172. The zero-order valence-corrected chi connectivity index (χ0v) is 16.3. The van der Waals surface area contributed by atoms with Crippen LogP contribution in [0.5, 0.6) is 0 Å². The summed E-state index contributed by atoms with van der Waals surface area (Å²) < 4.78 is 53.1. The highest BCUT2D eigenvalue weighted by molar-refractivity contribution is 7.74. The Morgan fingerprint density at radius 1 is 0.727 bits per heavy atom. The summed E-state index contributed by atoms with van der Waals surface area (Å²) in [5.41, 5.74) is -1.49. The Bertz CT molecular complexity index is 384. The van der Waals surface area contributed by atoms with Crippen LogP contribution >= 0.6 is 15.0 Å². The smallest absolute Gasteiger partial charge is 0.340 e. The molecule has 22 heavy (non-hydrogen) atoms. The molecule has 0 bridgehead atoms. The highest BCUT2D eigenvalue weighted by atomic mass is 31.2. The van der Waals surface area contributed by atoms with Gasteiger partial charge in [-0.2, -0.15) is 0 Å². The SMILES string of the molecule is CCOC(C)(OCC)P(=O)(CP(=O)(OCC)OCC)OCC. The van der Waals surface area contributed by atoms with E-state index in [1.165, 1.54) is 0 Å². The fraction of sp³-hybridized carbons (Fsp3) is 1.00. The molecule has 0 aliphatic rings. The Hall–Kier alpha value is 0.260. The van der Waals surface area contributed by atoms with Gasteiger partial charge in [-0.25, -0.2) is 0 Å². The zero-order chi connectivity index (χ0) is 17.3. The van der Waals surface area contributed by atoms with Gasteiger partial charge in [-0.15, -0.1) is 0 Å². The van der Waals surface area contributed by atoms with Gasteiger partial charge >= 0.3 is 7.60 Å². The number of rotatable bonds is 13. The van der Waals surface area contributed by atoms with Crippen LogP contribution in [0.25, 0.3) is 0 Å². The maximum Gasteiger partial charge on any atom is 0.340 e. The second-order valence-electron chi connectivity index (χ2n) is 4.44. The highest BCUT2D eigenvalue weighted by Gasteiger charge is 2.52. The van der Waals surface area contributed by atoms with Crippen molar-refractivity contribution in [3.05, 3.63) is 0 Å². The molecule has 0 radical (unpaired) electrons. The minimum Gasteiger partial charge on any atom is -0.342 e. The predicted octanol–water partition coefficient (Wildman–Crippen LogP) is 4.27. The van der Waals surface area contributed by atoms with Crippen molar-refractivity contribution >= 4 is 15.0 Å². The molecule has 134 valence electrons. The maximum absolute atomic E-state index is 13.4. The summed E-state index contributed by atoms with van der Waals surface area (Å²) in [6.07, 6.45) is 0. The van der Waals surface area contributed by atoms with Crippen molar-refractivity contribution in [2.75, 3.05) is 38.9 Å². The summed E-state index contributed by atoms with van der Waals surface area (Å²) in [6.45, 7) is 11.3. The van der Waals surface area contributed by atoms with Gasteiger partial charge in [0, 0.05) is 13.2 Å². The number of hydrogen-bond donors (Lipinski definition) is 0. The molecular weight excluding hydrogens is 330 g/mol. The Kier molecular flexibility index (Phi) is 10.3. The predicted molar refractivity (Wildman–Crippen MR) is 86.6 cm³/mol. The van der Waals surface area contributed by atoms with Crippen LogP contribution < -0.4 is 0 Å². The third-order valence-corrected chi connectivity index (χ3v) is 9.14. The van der Waals surface area contributed by atoms with Gasteiger partial charge in [0.25, 0.3) is 7.37 Å². The fourth-order valence-corrected chi connectivity index (χ4v) is 8.01. The molecular formula is C13H30O7P2. The summed E-state index contributed by atoms with van der Waals surface area (Å²) in [7, 11) is -7.18. The first-order valence-electron chi connectivity index (χ1n) is 7.66. The van der Waals surface area contributed by atoms with Crippen molar-refractivity contribution in [2.24, 2.45) is 0 Å². The molecule has 0 heterocycles. The molecule has 9 heteroatoms. The quantitative estimate of drug-likeness (QED) is 0.358. The second kappa shape index (κ2) is 10.2. The van der Waals surface area contributed by atoms with Gasteiger partial charge in [0.1, 0.15) is 5.90 Å². The van der Waals surface area contributed by atoms with E-state index < -0.39 is 20.5 Å². The second-order valence-corrected chi connectivity index (χ2v) is 9.73. The van der Waals surface area contributed by atoms with Crippen molar-refractivity contribution in [3.63, 3.8) is 0 Å². The first kappa shape index (κ1) is 22.3. The Morgan fingerprint density at radius 3 is 1.45 bits per heavy atom. The minimum atomic E-state index is -3.61. The average Bonchev–Trinajstić information content (AvgIpc) is 2.39. The molecule has 1 atom stereocenters. The van der Waals surface area contributed by atoms with Crippen LogP contribution in [0.4, 0.5) is 0 Å². The van der Waals surface area contributed by atoms with E-state index in [1.54, 1.807) is 41.5 Å². The standard InChI is InChI=1S/C13H30O7P2/c1-7-16-13(6,17-8-2)21(14,18-9-3)12-22(15,19-10-4)20-11-5/h7-12H2,1-6H3. The molecule has 0 aromatic heterocycles. The van der Waals surface area contributed by atoms with E-state index >= 15 is 0 Å². The summed E-state index contributed by atoms with van der Waals surface area (Å²) in [5.74, 6) is -0.383. The van der Waals surface area contributed by atoms with Crippen molar-refractivity contribution in [2.45, 2.75) is 47.1 Å². The third-order valence-electron chi connectivity index (χ3n) is 2.79. The first-order chi connectivity index (χ1) is 10.3. The Labute approximate surface area is 134 Å². The summed E-state index contributed by atoms with van der Waals surface area (Å²) in [5, 5.41) is 0. The normalized spacial score (nSPS) is 15.7. The lowest BCUT2D eigenvalue weighted by atomic mass is 10.7. The molecule has 0 rings (SSSR count). The van der Waals surface area contributed by atoms with Gasteiger partial charge in [0.05, 0.1) is 19.8 Å². The highest BCUT2D eigenvalue weighted by Crippen LogP contribution is 2.69. The molecule has 7 nitrogen and oxygen atoms in total. The van der Waals surface area contributed by atoms with E-state index in [2.05, 4.69) is 0 Å². The molecule has 0 amide bonds. The van der Waals surface area contributed by atoms with E-state index in [-0.39, 0.29) is 38.9 Å². The molecule has 1 unspecified atom stereocenters. The third kappa shape index (κ3) is 6.04. The monoisotopic (exact) mass is 360 g/mol. The van der Waals surface area contributed by atoms with Crippen LogP contribution in [-0.2, 0) is 32.2 Å². The van der Waals surface area contributed by atoms with Gasteiger partial charge in [-0.3, -0.25) is 9.13 Å². The molecule has 0 aromatic rings. The van der Waals surface area contributed by atoms with Crippen LogP contribution in [0.2, 0.25) is 0 Å². The van der Waals surface area contributed by atoms with Crippen LogP contribution in [0.1, 0.15) is 41.5 Å². The molecule has 0 spiro atoms. The Morgan fingerprint density at radius 2 is 1.14 bits per heavy atom. The molecule has 0 aromatic carbocycles. The summed E-state index contributed by atoms with van der Waals surface area (Å²) in [4.78, 5) is 0. The van der Waals surface area contributed by atoms with Crippen molar-refractivity contribution in [1.82, 2.24) is 0 Å². The number of ether oxygens (including phenoxy) is 2. The molecule has 0 N–H and O–H groups in total. The fourth-order valence-electron chi connectivity index (χ4n) is 2.01. The average molecular weight is 360 g/mol. The molecule has 0 aliphatic carbocycles. The van der Waals surface area contributed by atoms with Gasteiger partial charge in [-0.1, -0.05) is 0 Å². The number of hydrogen-bond acceptors (Lipinski definition) is 7. The Balaban J connectivity index is 5.62. The molecule has 0 aliphatic heterocycles. The van der Waals surface area contributed by atoms with E-state index in [9.17, 15) is 9.13 Å².